The molecular weight excluding hydrogens is 278 g/mol. The maximum Gasteiger partial charge on any atom is 0.251 e. The highest BCUT2D eigenvalue weighted by Crippen LogP contribution is 2.11. The number of pyridine rings is 1. The molecule has 0 unspecified atom stereocenters. The van der Waals surface area contributed by atoms with Gasteiger partial charge in [0.15, 0.2) is 0 Å². The molecule has 1 aromatic heterocycles. The van der Waals surface area contributed by atoms with Gasteiger partial charge in [-0.15, -0.1) is 0 Å². The van der Waals surface area contributed by atoms with E-state index in [4.69, 9.17) is 11.6 Å². The van der Waals surface area contributed by atoms with Gasteiger partial charge >= 0.3 is 0 Å². The van der Waals surface area contributed by atoms with Crippen molar-refractivity contribution in [3.05, 3.63) is 28.5 Å². The molecule has 5 nitrogen and oxygen atoms in total. The van der Waals surface area contributed by atoms with Gasteiger partial charge in [0.25, 0.3) is 5.91 Å². The summed E-state index contributed by atoms with van der Waals surface area (Å²) in [7, 11) is 0. The van der Waals surface area contributed by atoms with Crippen molar-refractivity contribution in [1.29, 1.82) is 0 Å². The molecule has 2 N–H and O–H groups in total. The van der Waals surface area contributed by atoms with Crippen molar-refractivity contribution in [2.45, 2.75) is 27.2 Å². The fourth-order valence-corrected chi connectivity index (χ4v) is 1.73. The van der Waals surface area contributed by atoms with Crippen LogP contribution >= 0.6 is 11.6 Å². The second-order valence-electron chi connectivity index (χ2n) is 4.90. The number of carbonyl (C=O) groups is 2. The first-order valence-electron chi connectivity index (χ1n) is 6.63. The quantitative estimate of drug-likeness (QED) is 0.787. The van der Waals surface area contributed by atoms with Gasteiger partial charge in [0.2, 0.25) is 5.91 Å². The maximum atomic E-state index is 11.9. The van der Waals surface area contributed by atoms with E-state index in [2.05, 4.69) is 15.6 Å². The number of carbonyl (C=O) groups excluding carboxylic acids is 2. The number of hydrogen-bond acceptors (Lipinski definition) is 3. The zero-order valence-electron chi connectivity index (χ0n) is 12.0. The second-order valence-corrected chi connectivity index (χ2v) is 5.29. The van der Waals surface area contributed by atoms with Crippen LogP contribution in [0.3, 0.4) is 0 Å². The minimum absolute atomic E-state index is 0.0487. The van der Waals surface area contributed by atoms with Crippen LogP contribution < -0.4 is 10.6 Å². The van der Waals surface area contributed by atoms with E-state index in [1.165, 1.54) is 6.07 Å². The van der Waals surface area contributed by atoms with Gasteiger partial charge < -0.3 is 10.6 Å². The molecule has 0 saturated heterocycles. The number of amides is 2. The first kappa shape index (κ1) is 16.4. The van der Waals surface area contributed by atoms with E-state index in [1.54, 1.807) is 6.07 Å². The predicted octanol–water partition coefficient (Wildman–Crippen LogP) is 1.80. The molecule has 0 aliphatic carbocycles. The van der Waals surface area contributed by atoms with E-state index in [1.807, 2.05) is 20.8 Å². The highest BCUT2D eigenvalue weighted by molar-refractivity contribution is 6.29. The molecule has 6 heteroatoms. The van der Waals surface area contributed by atoms with E-state index in [-0.39, 0.29) is 23.5 Å². The van der Waals surface area contributed by atoms with E-state index < -0.39 is 0 Å². The van der Waals surface area contributed by atoms with Crippen LogP contribution in [0, 0.1) is 5.92 Å². The summed E-state index contributed by atoms with van der Waals surface area (Å²) < 4.78 is 0. The van der Waals surface area contributed by atoms with Crippen LogP contribution in [0.4, 0.5) is 0 Å². The van der Waals surface area contributed by atoms with Gasteiger partial charge in [0.1, 0.15) is 5.15 Å². The Bertz CT molecular complexity index is 489. The number of rotatable bonds is 6. The van der Waals surface area contributed by atoms with E-state index in [9.17, 15) is 9.59 Å². The number of hydrogen-bond donors (Lipinski definition) is 2. The van der Waals surface area contributed by atoms with Crippen molar-refractivity contribution >= 4 is 23.4 Å². The Balaban J connectivity index is 2.54. The summed E-state index contributed by atoms with van der Waals surface area (Å²) >= 11 is 5.85. The number of nitrogens with zero attached hydrogens (tertiary/aromatic N) is 1. The SMILES string of the molecule is CCc1cc(C(=O)NCC(=O)NCC(C)C)cc(Cl)n1. The topological polar surface area (TPSA) is 71.1 Å². The van der Waals surface area contributed by atoms with Gasteiger partial charge in [-0.3, -0.25) is 9.59 Å². The lowest BCUT2D eigenvalue weighted by atomic mass is 10.2. The third kappa shape index (κ3) is 5.57. The van der Waals surface area contributed by atoms with Gasteiger partial charge in [-0.25, -0.2) is 4.98 Å². The fourth-order valence-electron chi connectivity index (χ4n) is 1.51. The molecule has 1 heterocycles. The summed E-state index contributed by atoms with van der Waals surface area (Å²) in [5.41, 5.74) is 1.16. The first-order chi connectivity index (χ1) is 9.42. The summed E-state index contributed by atoms with van der Waals surface area (Å²) in [6.07, 6.45) is 0.690. The number of aryl methyl sites for hydroxylation is 1. The molecule has 1 aromatic rings. The van der Waals surface area contributed by atoms with Crippen molar-refractivity contribution < 1.29 is 9.59 Å². The Morgan fingerprint density at radius 1 is 1.30 bits per heavy atom. The Kier molecular flexibility index (Phi) is 6.45. The van der Waals surface area contributed by atoms with Gasteiger partial charge in [-0.2, -0.15) is 0 Å². The van der Waals surface area contributed by atoms with Gasteiger partial charge in [0.05, 0.1) is 6.54 Å². The molecule has 0 aromatic carbocycles. The monoisotopic (exact) mass is 297 g/mol. The molecule has 0 radical (unpaired) electrons. The molecule has 0 fully saturated rings. The van der Waals surface area contributed by atoms with Crippen molar-refractivity contribution in [2.24, 2.45) is 5.92 Å². The van der Waals surface area contributed by atoms with E-state index in [0.29, 0.717) is 24.4 Å². The summed E-state index contributed by atoms with van der Waals surface area (Å²) in [6, 6.07) is 3.16. The normalized spacial score (nSPS) is 10.4. The molecule has 0 aliphatic heterocycles. The van der Waals surface area contributed by atoms with Crippen LogP contribution in [0.1, 0.15) is 36.8 Å². The summed E-state index contributed by atoms with van der Waals surface area (Å²) in [6.45, 7) is 6.48. The Morgan fingerprint density at radius 2 is 2.00 bits per heavy atom. The van der Waals surface area contributed by atoms with Crippen molar-refractivity contribution in [3.8, 4) is 0 Å². The molecule has 0 spiro atoms. The summed E-state index contributed by atoms with van der Waals surface area (Å²) in [5, 5.41) is 5.57. The lowest BCUT2D eigenvalue weighted by molar-refractivity contribution is -0.120. The molecule has 0 bridgehead atoms. The van der Waals surface area contributed by atoms with Crippen LogP contribution in [-0.4, -0.2) is 29.9 Å². The smallest absolute Gasteiger partial charge is 0.251 e. The largest absolute Gasteiger partial charge is 0.354 e. The minimum atomic E-state index is -0.330. The van der Waals surface area contributed by atoms with E-state index in [0.717, 1.165) is 5.69 Å². The van der Waals surface area contributed by atoms with Gasteiger partial charge in [-0.1, -0.05) is 32.4 Å². The molecule has 1 rings (SSSR count). The molecule has 0 aliphatic rings. The highest BCUT2D eigenvalue weighted by atomic mass is 35.5. The van der Waals surface area contributed by atoms with Gasteiger partial charge in [0, 0.05) is 17.8 Å². The molecule has 110 valence electrons. The van der Waals surface area contributed by atoms with Crippen LogP contribution in [0.5, 0.6) is 0 Å². The lowest BCUT2D eigenvalue weighted by Crippen LogP contribution is -2.38. The molecule has 0 atom stereocenters. The van der Waals surface area contributed by atoms with E-state index >= 15 is 0 Å². The van der Waals surface area contributed by atoms with Gasteiger partial charge in [-0.05, 0) is 24.5 Å². The zero-order chi connectivity index (χ0) is 15.1. The lowest BCUT2D eigenvalue weighted by Gasteiger charge is -2.09. The van der Waals surface area contributed by atoms with Crippen LogP contribution in [0.2, 0.25) is 5.15 Å². The van der Waals surface area contributed by atoms with Crippen LogP contribution in [0.15, 0.2) is 12.1 Å². The van der Waals surface area contributed by atoms with Crippen molar-refractivity contribution in [2.75, 3.05) is 13.1 Å². The standard InChI is InChI=1S/C14H20ClN3O2/c1-4-11-5-10(6-12(15)18-11)14(20)17-8-13(19)16-7-9(2)3/h5-6,9H,4,7-8H2,1-3H3,(H,16,19)(H,17,20). The average Bonchev–Trinajstić information content (AvgIpc) is 2.41. The number of nitrogens with one attached hydrogen (secondary N) is 2. The molecule has 0 saturated carbocycles. The molecule has 2 amide bonds. The van der Waals surface area contributed by atoms with Crippen LogP contribution in [-0.2, 0) is 11.2 Å². The Morgan fingerprint density at radius 3 is 2.60 bits per heavy atom. The van der Waals surface area contributed by atoms with Crippen LogP contribution in [0.25, 0.3) is 0 Å². The Labute approximate surface area is 124 Å². The maximum absolute atomic E-state index is 11.9. The summed E-state index contributed by atoms with van der Waals surface area (Å²) in [4.78, 5) is 27.5. The predicted molar refractivity (Wildman–Crippen MR) is 78.8 cm³/mol. The van der Waals surface area contributed by atoms with Crippen molar-refractivity contribution in [3.63, 3.8) is 0 Å². The minimum Gasteiger partial charge on any atom is -0.354 e. The second kappa shape index (κ2) is 7.85. The zero-order valence-corrected chi connectivity index (χ0v) is 12.8. The summed E-state index contributed by atoms with van der Waals surface area (Å²) in [5.74, 6) is -0.160. The first-order valence-corrected chi connectivity index (χ1v) is 7.01. The Hall–Kier alpha value is -1.62. The highest BCUT2D eigenvalue weighted by Gasteiger charge is 2.10. The number of halogens is 1. The molecule has 20 heavy (non-hydrogen) atoms. The third-order valence-corrected chi connectivity index (χ3v) is 2.78. The average molecular weight is 298 g/mol. The third-order valence-electron chi connectivity index (χ3n) is 2.59. The fraction of sp³-hybridized carbons (Fsp3) is 0.500. The number of aromatic nitrogens is 1. The van der Waals surface area contributed by atoms with Crippen molar-refractivity contribution in [1.82, 2.24) is 15.6 Å². The molecular formula is C14H20ClN3O2.